The van der Waals surface area contributed by atoms with E-state index in [-0.39, 0.29) is 27.1 Å². The van der Waals surface area contributed by atoms with Gasteiger partial charge in [0.05, 0.1) is 50.2 Å². The number of furan rings is 1. The lowest BCUT2D eigenvalue weighted by Crippen LogP contribution is -2.23. The van der Waals surface area contributed by atoms with Gasteiger partial charge in [0.2, 0.25) is 0 Å². The van der Waals surface area contributed by atoms with Crippen molar-refractivity contribution in [1.29, 1.82) is 0 Å². The smallest absolute Gasteiger partial charge is 0.159 e. The van der Waals surface area contributed by atoms with Crippen molar-refractivity contribution < 1.29 is 4.42 Å². The van der Waals surface area contributed by atoms with E-state index in [0.29, 0.717) is 5.02 Å². The van der Waals surface area contributed by atoms with E-state index in [1.165, 1.54) is 49.6 Å². The molecule has 1 aliphatic heterocycles. The Labute approximate surface area is 403 Å². The number of aromatic nitrogens is 1. The van der Waals surface area contributed by atoms with E-state index in [1.807, 2.05) is 6.07 Å². The fourth-order valence-electron chi connectivity index (χ4n) is 9.97. The maximum absolute atomic E-state index is 8.28. The number of rotatable bonds is 4. The van der Waals surface area contributed by atoms with Crippen molar-refractivity contribution in [2.75, 3.05) is 9.80 Å². The lowest BCUT2D eigenvalue weighted by Gasteiger charge is -2.38. The van der Waals surface area contributed by atoms with Crippen LogP contribution < -0.4 is 9.80 Å². The van der Waals surface area contributed by atoms with Crippen LogP contribution in [0.15, 0.2) is 132 Å². The van der Waals surface area contributed by atoms with Gasteiger partial charge in [-0.1, -0.05) is 170 Å². The first-order valence-corrected chi connectivity index (χ1v) is 24.4. The highest BCUT2D eigenvalue weighted by molar-refractivity contribution is 6.37. The summed E-state index contributed by atoms with van der Waals surface area (Å²) in [7, 11) is 0. The summed E-state index contributed by atoms with van der Waals surface area (Å²) in [6.45, 7) is 34.5. The van der Waals surface area contributed by atoms with Gasteiger partial charge in [-0.25, -0.2) is 0 Å². The molecule has 5 heteroatoms. The van der Waals surface area contributed by atoms with Crippen LogP contribution in [-0.4, -0.2) is 4.57 Å². The fraction of sp³-hybridized carbons (Fsp3) is 0.323. The van der Waals surface area contributed by atoms with Crippen LogP contribution in [0.1, 0.15) is 132 Å². The summed E-state index contributed by atoms with van der Waals surface area (Å²) < 4.78 is 9.37. The number of hydrogen-bond donors (Lipinski definition) is 0. The molecule has 0 fully saturated rings. The van der Waals surface area contributed by atoms with Crippen molar-refractivity contribution in [3.8, 4) is 5.69 Å². The molecule has 342 valence electrons. The normalized spacial score (nSPS) is 13.6. The van der Waals surface area contributed by atoms with Crippen molar-refractivity contribution in [1.82, 2.24) is 4.57 Å². The third-order valence-electron chi connectivity index (χ3n) is 14.1. The molecule has 0 N–H and O–H groups in total. The van der Waals surface area contributed by atoms with Gasteiger partial charge < -0.3 is 18.8 Å². The Kier molecular flexibility index (Phi) is 10.1. The first-order chi connectivity index (χ1) is 31.3. The average molecular weight is 905 g/mol. The molecule has 0 aliphatic carbocycles. The zero-order valence-electron chi connectivity index (χ0n) is 42.3. The second-order valence-electron chi connectivity index (χ2n) is 24.2. The van der Waals surface area contributed by atoms with Gasteiger partial charge in [-0.2, -0.15) is 0 Å². The first kappa shape index (κ1) is 44.8. The predicted octanol–water partition coefficient (Wildman–Crippen LogP) is 19.1. The Bertz CT molecular complexity index is 3440. The van der Waals surface area contributed by atoms with Crippen molar-refractivity contribution in [3.63, 3.8) is 0 Å². The summed E-state index contributed by atoms with van der Waals surface area (Å²) in [5.41, 5.74) is 17.0. The largest absolute Gasteiger partial charge is 0.454 e. The van der Waals surface area contributed by atoms with Gasteiger partial charge in [-0.05, 0) is 128 Å². The first-order valence-electron chi connectivity index (χ1n) is 24.0. The molecule has 0 amide bonds. The highest BCUT2D eigenvalue weighted by Gasteiger charge is 2.36. The van der Waals surface area contributed by atoms with Gasteiger partial charge in [0.25, 0.3) is 0 Å². The predicted molar refractivity (Wildman–Crippen MR) is 289 cm³/mol. The molecule has 0 spiro atoms. The molecule has 0 saturated heterocycles. The standard InChI is InChI=1S/C62H66ClN3O/c1-58(2,3)37-23-27-42(28-24-37)64(49-21-18-20-44-43-19-16-17-22-54(43)67-57(44)49)51-34-41(62(13,14)15)35-52(55(51)63)65-48-30-26-39(60(7,8)9)33-50(48)66-47-29-25-38(59(4,5)6)31-45(47)46-32-40(61(10,11)12)36-53(65)56(46)66/h16-36H,1-15H3. The van der Waals surface area contributed by atoms with E-state index in [9.17, 15) is 0 Å². The zero-order valence-corrected chi connectivity index (χ0v) is 43.0. The minimum absolute atomic E-state index is 0.0143. The number of benzene rings is 7. The van der Waals surface area contributed by atoms with Gasteiger partial charge in [-0.15, -0.1) is 0 Å². The highest BCUT2D eigenvalue weighted by Crippen LogP contribution is 2.56. The van der Waals surface area contributed by atoms with E-state index in [4.69, 9.17) is 16.0 Å². The lowest BCUT2D eigenvalue weighted by atomic mass is 9.84. The number of hydrogen-bond acceptors (Lipinski definition) is 3. The molecule has 10 rings (SSSR count). The number of anilines is 6. The Hall–Kier alpha value is -5.97. The number of halogens is 1. The van der Waals surface area contributed by atoms with Gasteiger partial charge in [0.1, 0.15) is 5.58 Å². The topological polar surface area (TPSA) is 24.6 Å². The van der Waals surface area contributed by atoms with Crippen molar-refractivity contribution >= 4 is 89.5 Å². The van der Waals surface area contributed by atoms with Crippen LogP contribution in [0, 0.1) is 0 Å². The Morgan fingerprint density at radius 1 is 0.418 bits per heavy atom. The van der Waals surface area contributed by atoms with Crippen LogP contribution in [-0.2, 0) is 27.1 Å². The van der Waals surface area contributed by atoms with Gasteiger partial charge >= 0.3 is 0 Å². The van der Waals surface area contributed by atoms with E-state index in [1.54, 1.807) is 0 Å². The van der Waals surface area contributed by atoms with Crippen molar-refractivity contribution in [2.24, 2.45) is 0 Å². The molecule has 4 nitrogen and oxygen atoms in total. The Morgan fingerprint density at radius 2 is 0.955 bits per heavy atom. The van der Waals surface area contributed by atoms with Crippen LogP contribution in [0.3, 0.4) is 0 Å². The Balaban J connectivity index is 1.34. The molecule has 0 bridgehead atoms. The van der Waals surface area contributed by atoms with E-state index >= 15 is 0 Å². The van der Waals surface area contributed by atoms with Crippen molar-refractivity contribution in [2.45, 2.75) is 131 Å². The fourth-order valence-corrected chi connectivity index (χ4v) is 10.3. The van der Waals surface area contributed by atoms with Crippen LogP contribution in [0.2, 0.25) is 5.02 Å². The van der Waals surface area contributed by atoms with Gasteiger partial charge in [0, 0.05) is 27.2 Å². The molecule has 0 unspecified atom stereocenters. The van der Waals surface area contributed by atoms with Crippen LogP contribution in [0.25, 0.3) is 49.4 Å². The summed E-state index contributed by atoms with van der Waals surface area (Å²) >= 11 is 8.28. The average Bonchev–Trinajstić information content (AvgIpc) is 3.80. The van der Waals surface area contributed by atoms with Crippen LogP contribution in [0.5, 0.6) is 0 Å². The summed E-state index contributed by atoms with van der Waals surface area (Å²) in [5.74, 6) is 0. The third kappa shape index (κ3) is 7.42. The molecular weight excluding hydrogens is 838 g/mol. The lowest BCUT2D eigenvalue weighted by molar-refractivity contribution is 0.589. The second kappa shape index (κ2) is 15.0. The third-order valence-corrected chi connectivity index (χ3v) is 14.5. The van der Waals surface area contributed by atoms with E-state index < -0.39 is 0 Å². The molecule has 0 atom stereocenters. The highest BCUT2D eigenvalue weighted by atomic mass is 35.5. The van der Waals surface area contributed by atoms with E-state index in [0.717, 1.165) is 61.8 Å². The molecule has 0 saturated carbocycles. The zero-order chi connectivity index (χ0) is 47.9. The monoisotopic (exact) mass is 903 g/mol. The molecule has 9 aromatic rings. The van der Waals surface area contributed by atoms with Crippen molar-refractivity contribution in [3.05, 3.63) is 160 Å². The molecule has 67 heavy (non-hydrogen) atoms. The molecule has 7 aromatic carbocycles. The molecule has 1 aliphatic rings. The van der Waals surface area contributed by atoms with Gasteiger partial charge in [-0.3, -0.25) is 0 Å². The van der Waals surface area contributed by atoms with Crippen LogP contribution in [0.4, 0.5) is 34.1 Å². The molecule has 2 aromatic heterocycles. The molecule has 0 radical (unpaired) electrons. The molecule has 3 heterocycles. The summed E-state index contributed by atoms with van der Waals surface area (Å²) in [6, 6.07) is 47.6. The molecular formula is C62H66ClN3O. The number of para-hydroxylation sites is 2. The summed E-state index contributed by atoms with van der Waals surface area (Å²) in [6.07, 6.45) is 0. The SMILES string of the molecule is CC(C)(C)c1ccc(N(c2cc(C(C)(C)C)cc(N3c4ccc(C(C)(C)C)cc4-n4c5ccc(C(C)(C)C)cc5c5cc(C(C)(C)C)cc3c54)c2Cl)c2cccc3c2oc2ccccc23)cc1. The maximum atomic E-state index is 8.28. The minimum atomic E-state index is -0.239. The van der Waals surface area contributed by atoms with Gasteiger partial charge in [0.15, 0.2) is 5.58 Å². The summed E-state index contributed by atoms with van der Waals surface area (Å²) in [4.78, 5) is 4.81. The van der Waals surface area contributed by atoms with E-state index in [2.05, 4.69) is 240 Å². The minimum Gasteiger partial charge on any atom is -0.454 e. The van der Waals surface area contributed by atoms with Crippen LogP contribution >= 0.6 is 11.6 Å². The Morgan fingerprint density at radius 3 is 1.61 bits per heavy atom. The number of fused-ring (bicyclic) bond motifs is 8. The quantitative estimate of drug-likeness (QED) is 0.176. The second-order valence-corrected chi connectivity index (χ2v) is 24.6. The summed E-state index contributed by atoms with van der Waals surface area (Å²) in [5, 5.41) is 5.32. The number of nitrogens with zero attached hydrogens (tertiary/aromatic N) is 3. The maximum Gasteiger partial charge on any atom is 0.159 e.